The average Bonchev–Trinajstić information content (AvgIpc) is 2.71. The smallest absolute Gasteiger partial charge is 0.402 e. The quantitative estimate of drug-likeness (QED) is 0.633. The zero-order valence-electron chi connectivity index (χ0n) is 10.7. The maximum absolute atomic E-state index is 13.1. The van der Waals surface area contributed by atoms with Crippen molar-refractivity contribution >= 4 is 16.1 Å². The molecule has 4 bridgehead atoms. The van der Waals surface area contributed by atoms with Crippen LogP contribution < -0.4 is 0 Å². The standard InChI is InChI=1S/C12H16F2O5S/c13-12(14,20(16,17)18)6-19-10(15)11-4-7-1-8(5-11)3-9(11)2-7/h7-9H,1-6H2,(H,16,17,18). The third-order valence-electron chi connectivity index (χ3n) is 5.14. The molecule has 4 aliphatic carbocycles. The first-order valence-electron chi connectivity index (χ1n) is 6.66. The Kier molecular flexibility index (Phi) is 2.93. The molecule has 4 rings (SSSR count). The number of ether oxygens (including phenoxy) is 1. The Balaban J connectivity index is 1.69. The molecular weight excluding hydrogens is 294 g/mol. The summed E-state index contributed by atoms with van der Waals surface area (Å²) < 4.78 is 60.1. The van der Waals surface area contributed by atoms with E-state index in [1.807, 2.05) is 0 Å². The minimum Gasteiger partial charge on any atom is -0.458 e. The first-order valence-corrected chi connectivity index (χ1v) is 8.10. The molecule has 0 aromatic carbocycles. The van der Waals surface area contributed by atoms with Crippen molar-refractivity contribution in [3.8, 4) is 0 Å². The molecule has 4 aliphatic rings. The Morgan fingerprint density at radius 2 is 1.80 bits per heavy atom. The molecule has 0 amide bonds. The van der Waals surface area contributed by atoms with Gasteiger partial charge in [-0.1, -0.05) is 0 Å². The van der Waals surface area contributed by atoms with E-state index in [9.17, 15) is 22.0 Å². The summed E-state index contributed by atoms with van der Waals surface area (Å²) in [4.78, 5) is 12.2. The molecule has 2 atom stereocenters. The summed E-state index contributed by atoms with van der Waals surface area (Å²) in [5.74, 6) is 0.373. The molecule has 0 heterocycles. The van der Waals surface area contributed by atoms with Crippen molar-refractivity contribution in [2.75, 3.05) is 6.61 Å². The van der Waals surface area contributed by atoms with Crippen molar-refractivity contribution in [3.05, 3.63) is 0 Å². The first kappa shape index (κ1) is 14.2. The van der Waals surface area contributed by atoms with Crippen LogP contribution in [0.25, 0.3) is 0 Å². The fraction of sp³-hybridized carbons (Fsp3) is 0.917. The molecule has 4 fully saturated rings. The highest BCUT2D eigenvalue weighted by Gasteiger charge is 2.62. The number of hydrogen-bond donors (Lipinski definition) is 1. The molecule has 1 N–H and O–H groups in total. The largest absolute Gasteiger partial charge is 0.458 e. The molecule has 4 saturated carbocycles. The first-order chi connectivity index (χ1) is 9.14. The van der Waals surface area contributed by atoms with Crippen LogP contribution in [0.1, 0.15) is 32.1 Å². The van der Waals surface area contributed by atoms with Gasteiger partial charge >= 0.3 is 21.3 Å². The zero-order valence-corrected chi connectivity index (χ0v) is 11.5. The van der Waals surface area contributed by atoms with Crippen molar-refractivity contribution in [1.82, 2.24) is 0 Å². The lowest BCUT2D eigenvalue weighted by atomic mass is 9.75. The third-order valence-corrected chi connectivity index (χ3v) is 6.02. The predicted molar refractivity (Wildman–Crippen MR) is 63.4 cm³/mol. The van der Waals surface area contributed by atoms with E-state index in [4.69, 9.17) is 4.55 Å². The monoisotopic (exact) mass is 310 g/mol. The fourth-order valence-electron chi connectivity index (χ4n) is 4.50. The van der Waals surface area contributed by atoms with Crippen LogP contribution in [0.4, 0.5) is 8.78 Å². The molecule has 2 unspecified atom stereocenters. The second-order valence-electron chi connectivity index (χ2n) is 6.39. The normalized spacial score (nSPS) is 39.2. The molecule has 0 saturated heterocycles. The lowest BCUT2D eigenvalue weighted by Crippen LogP contribution is -2.40. The summed E-state index contributed by atoms with van der Waals surface area (Å²) in [5, 5.41) is -4.45. The number of esters is 1. The van der Waals surface area contributed by atoms with E-state index >= 15 is 0 Å². The highest BCUT2D eigenvalue weighted by atomic mass is 32.2. The third kappa shape index (κ3) is 1.95. The summed E-state index contributed by atoms with van der Waals surface area (Å²) in [5.41, 5.74) is -0.692. The van der Waals surface area contributed by atoms with Gasteiger partial charge in [0.1, 0.15) is 0 Å². The molecule has 0 radical (unpaired) electrons. The summed E-state index contributed by atoms with van der Waals surface area (Å²) in [6.45, 7) is -1.62. The number of carbonyl (C=O) groups is 1. The zero-order chi connectivity index (χ0) is 14.8. The van der Waals surface area contributed by atoms with E-state index in [2.05, 4.69) is 4.74 Å². The van der Waals surface area contributed by atoms with E-state index in [1.165, 1.54) is 0 Å². The van der Waals surface area contributed by atoms with Crippen LogP contribution in [0, 0.1) is 23.2 Å². The van der Waals surface area contributed by atoms with Crippen molar-refractivity contribution < 1.29 is 31.3 Å². The Morgan fingerprint density at radius 1 is 1.25 bits per heavy atom. The van der Waals surface area contributed by atoms with Gasteiger partial charge in [0.2, 0.25) is 0 Å². The highest BCUT2D eigenvalue weighted by molar-refractivity contribution is 7.86. The van der Waals surface area contributed by atoms with Crippen molar-refractivity contribution in [2.45, 2.75) is 37.4 Å². The van der Waals surface area contributed by atoms with Gasteiger partial charge in [0.25, 0.3) is 0 Å². The SMILES string of the molecule is O=C(OCC(F)(F)S(=O)(=O)O)C12CC3CC(CC1C3)C2. The van der Waals surface area contributed by atoms with Crippen molar-refractivity contribution in [2.24, 2.45) is 23.2 Å². The van der Waals surface area contributed by atoms with Crippen LogP contribution in [-0.4, -0.2) is 30.8 Å². The molecule has 8 heteroatoms. The summed E-state index contributed by atoms with van der Waals surface area (Å²) in [6, 6.07) is 0. The van der Waals surface area contributed by atoms with Crippen LogP contribution in [0.3, 0.4) is 0 Å². The van der Waals surface area contributed by atoms with Crippen LogP contribution in [0.5, 0.6) is 0 Å². The van der Waals surface area contributed by atoms with Crippen molar-refractivity contribution in [3.63, 3.8) is 0 Å². The molecule has 5 nitrogen and oxygen atoms in total. The van der Waals surface area contributed by atoms with Gasteiger partial charge in [0.05, 0.1) is 5.41 Å². The molecule has 0 aliphatic heterocycles. The lowest BCUT2D eigenvalue weighted by Gasteiger charge is -2.30. The molecule has 0 aromatic rings. The van der Waals surface area contributed by atoms with E-state index in [-0.39, 0.29) is 5.92 Å². The molecule has 20 heavy (non-hydrogen) atoms. The predicted octanol–water partition coefficient (Wildman–Crippen LogP) is 1.84. The number of carbonyl (C=O) groups excluding carboxylic acids is 1. The number of halogens is 2. The topological polar surface area (TPSA) is 80.7 Å². The second-order valence-corrected chi connectivity index (χ2v) is 7.94. The second kappa shape index (κ2) is 4.13. The van der Waals surface area contributed by atoms with Gasteiger partial charge in [-0.3, -0.25) is 9.35 Å². The van der Waals surface area contributed by atoms with Crippen molar-refractivity contribution in [1.29, 1.82) is 0 Å². The Hall–Kier alpha value is -0.760. The summed E-state index contributed by atoms with van der Waals surface area (Å²) in [7, 11) is -5.56. The van der Waals surface area contributed by atoms with E-state index in [0.29, 0.717) is 24.7 Å². The molecular formula is C12H16F2O5S. The molecule has 0 spiro atoms. The van der Waals surface area contributed by atoms with Gasteiger partial charge < -0.3 is 4.74 Å². The highest BCUT2D eigenvalue weighted by Crippen LogP contribution is 2.65. The van der Waals surface area contributed by atoms with Crippen LogP contribution in [0.15, 0.2) is 0 Å². The van der Waals surface area contributed by atoms with Gasteiger partial charge in [-0.25, -0.2) is 0 Å². The molecule has 114 valence electrons. The van der Waals surface area contributed by atoms with Gasteiger partial charge in [0.15, 0.2) is 6.61 Å². The fourth-order valence-corrected chi connectivity index (χ4v) is 4.71. The van der Waals surface area contributed by atoms with E-state index < -0.39 is 33.4 Å². The Labute approximate surface area is 115 Å². The minimum absolute atomic E-state index is 0.179. The Bertz CT molecular complexity index is 530. The lowest BCUT2D eigenvalue weighted by molar-refractivity contribution is -0.164. The number of rotatable bonds is 4. The van der Waals surface area contributed by atoms with Gasteiger partial charge in [0, 0.05) is 0 Å². The van der Waals surface area contributed by atoms with Crippen LogP contribution in [-0.2, 0) is 19.6 Å². The van der Waals surface area contributed by atoms with Gasteiger partial charge in [-0.2, -0.15) is 17.2 Å². The van der Waals surface area contributed by atoms with Crippen LogP contribution in [0.2, 0.25) is 0 Å². The van der Waals surface area contributed by atoms with Gasteiger partial charge in [-0.05, 0) is 49.9 Å². The summed E-state index contributed by atoms with van der Waals surface area (Å²) in [6.07, 6.45) is 4.27. The van der Waals surface area contributed by atoms with Crippen LogP contribution >= 0.6 is 0 Å². The summed E-state index contributed by atoms with van der Waals surface area (Å²) >= 11 is 0. The van der Waals surface area contributed by atoms with E-state index in [0.717, 1.165) is 19.3 Å². The molecule has 0 aromatic heterocycles. The average molecular weight is 310 g/mol. The Morgan fingerprint density at radius 3 is 2.30 bits per heavy atom. The maximum Gasteiger partial charge on any atom is 0.402 e. The minimum atomic E-state index is -5.56. The number of hydrogen-bond acceptors (Lipinski definition) is 4. The van der Waals surface area contributed by atoms with Gasteiger partial charge in [-0.15, -0.1) is 0 Å². The number of alkyl halides is 2. The maximum atomic E-state index is 13.1. The van der Waals surface area contributed by atoms with E-state index in [1.54, 1.807) is 0 Å².